The zero-order valence-electron chi connectivity index (χ0n) is 37.4. The highest BCUT2D eigenvalue weighted by Gasteiger charge is 2.40. The van der Waals surface area contributed by atoms with E-state index in [1.165, 1.54) is 22.3 Å². The first-order valence-corrected chi connectivity index (χ1v) is 23.0. The van der Waals surface area contributed by atoms with Gasteiger partial charge in [-0.3, -0.25) is 0 Å². The Balaban J connectivity index is 1.04. The van der Waals surface area contributed by atoms with Crippen LogP contribution in [0.2, 0.25) is 0 Å². The fourth-order valence-electron chi connectivity index (χ4n) is 10.3. The van der Waals surface area contributed by atoms with Crippen LogP contribution in [-0.2, 0) is 5.41 Å². The molecule has 4 heteroatoms. The Kier molecular flexibility index (Phi) is 9.80. The van der Waals surface area contributed by atoms with E-state index in [2.05, 4.69) is 277 Å². The molecule has 11 aromatic rings. The lowest BCUT2D eigenvalue weighted by molar-refractivity contribution is 0.660. The van der Waals surface area contributed by atoms with E-state index in [0.29, 0.717) is 0 Å². The van der Waals surface area contributed by atoms with Gasteiger partial charge < -0.3 is 19.1 Å². The quantitative estimate of drug-likeness (QED) is 0.137. The van der Waals surface area contributed by atoms with Gasteiger partial charge in [-0.2, -0.15) is 0 Å². The zero-order chi connectivity index (χ0) is 44.9. The van der Waals surface area contributed by atoms with Gasteiger partial charge in [-0.1, -0.05) is 147 Å². The van der Waals surface area contributed by atoms with Gasteiger partial charge in [0.15, 0.2) is 0 Å². The number of hydrogen-bond donors (Lipinski definition) is 0. The van der Waals surface area contributed by atoms with Crippen molar-refractivity contribution in [2.45, 2.75) is 19.3 Å². The Hall–Kier alpha value is -8.60. The summed E-state index contributed by atoms with van der Waals surface area (Å²) in [7, 11) is 0. The molecule has 0 N–H and O–H groups in total. The van der Waals surface area contributed by atoms with Crippen molar-refractivity contribution in [2.75, 3.05) is 14.7 Å². The number of anilines is 9. The van der Waals surface area contributed by atoms with Gasteiger partial charge in [-0.25, -0.2) is 0 Å². The van der Waals surface area contributed by atoms with E-state index in [1.54, 1.807) is 0 Å². The highest BCUT2D eigenvalue weighted by atomic mass is 16.3. The van der Waals surface area contributed by atoms with Crippen LogP contribution in [0.15, 0.2) is 253 Å². The average Bonchev–Trinajstić information content (AvgIpc) is 3.87. The topological polar surface area (TPSA) is 22.9 Å². The Morgan fingerprint density at radius 3 is 1.31 bits per heavy atom. The molecule has 67 heavy (non-hydrogen) atoms. The second kappa shape index (κ2) is 16.4. The van der Waals surface area contributed by atoms with Crippen molar-refractivity contribution in [3.63, 3.8) is 0 Å². The summed E-state index contributed by atoms with van der Waals surface area (Å²) in [5, 5.41) is 2.21. The molecule has 0 amide bonds. The second-order valence-electron chi connectivity index (χ2n) is 17.8. The highest BCUT2D eigenvalue weighted by Crippen LogP contribution is 2.57. The van der Waals surface area contributed by atoms with Gasteiger partial charge in [-0.15, -0.1) is 0 Å². The first-order valence-electron chi connectivity index (χ1n) is 23.0. The van der Waals surface area contributed by atoms with Crippen LogP contribution < -0.4 is 14.7 Å². The Morgan fingerprint density at radius 2 is 0.806 bits per heavy atom. The van der Waals surface area contributed by atoms with Crippen LogP contribution >= 0.6 is 0 Å². The summed E-state index contributed by atoms with van der Waals surface area (Å²) in [6.07, 6.45) is 0. The van der Waals surface area contributed by atoms with E-state index in [4.69, 9.17) is 4.42 Å². The molecule has 1 aliphatic rings. The molecule has 0 saturated carbocycles. The van der Waals surface area contributed by atoms with E-state index < -0.39 is 0 Å². The molecule has 1 aliphatic carbocycles. The summed E-state index contributed by atoms with van der Waals surface area (Å²) in [4.78, 5) is 7.10. The van der Waals surface area contributed by atoms with Crippen LogP contribution in [0.25, 0.3) is 44.2 Å². The molecule has 320 valence electrons. The summed E-state index contributed by atoms with van der Waals surface area (Å²) < 4.78 is 6.76. The number of fused-ring (bicyclic) bond motifs is 6. The van der Waals surface area contributed by atoms with Crippen LogP contribution in [0, 0.1) is 0 Å². The predicted molar refractivity (Wildman–Crippen MR) is 281 cm³/mol. The second-order valence-corrected chi connectivity index (χ2v) is 17.8. The normalized spacial score (nSPS) is 12.4. The first-order chi connectivity index (χ1) is 33.0. The minimum absolute atomic E-state index is 0.358. The van der Waals surface area contributed by atoms with Gasteiger partial charge in [0.2, 0.25) is 0 Å². The molecule has 12 rings (SSSR count). The average molecular weight is 862 g/mol. The lowest BCUT2D eigenvalue weighted by Crippen LogP contribution is -2.18. The summed E-state index contributed by atoms with van der Waals surface area (Å²) >= 11 is 0. The van der Waals surface area contributed by atoms with Gasteiger partial charge in [0, 0.05) is 73.3 Å². The molecule has 0 radical (unpaired) electrons. The number of rotatable bonds is 10. The fourth-order valence-corrected chi connectivity index (χ4v) is 10.3. The maximum atomic E-state index is 6.76. The summed E-state index contributed by atoms with van der Waals surface area (Å²) in [6.45, 7) is 4.78. The number of nitrogens with zero attached hydrogens (tertiary/aromatic N) is 3. The lowest BCUT2D eigenvalue weighted by Gasteiger charge is -2.32. The van der Waals surface area contributed by atoms with E-state index in [-0.39, 0.29) is 5.41 Å². The SMILES string of the molecule is CC1(C)c2cc(-c3cccc4oc5cc(N(c6ccccc6)c6ccccc6)ccc5c34)ccc2-c2c(N(c3ccccc3)c3ccccc3)cc(N(c3ccccc3)c3ccccc3)cc21. The molecule has 0 atom stereocenters. The van der Waals surface area contributed by atoms with Gasteiger partial charge in [-0.05, 0) is 137 Å². The van der Waals surface area contributed by atoms with Crippen molar-refractivity contribution in [3.05, 3.63) is 260 Å². The van der Waals surface area contributed by atoms with Gasteiger partial charge in [0.05, 0.1) is 5.69 Å². The molecule has 0 bridgehead atoms. The number of furan rings is 1. The zero-order valence-corrected chi connectivity index (χ0v) is 37.4. The maximum Gasteiger partial charge on any atom is 0.137 e. The molecule has 1 heterocycles. The molecule has 1 aromatic heterocycles. The number of benzene rings is 10. The van der Waals surface area contributed by atoms with Crippen molar-refractivity contribution in [3.8, 4) is 22.3 Å². The van der Waals surface area contributed by atoms with E-state index in [0.717, 1.165) is 84.3 Å². The monoisotopic (exact) mass is 861 g/mol. The van der Waals surface area contributed by atoms with E-state index in [9.17, 15) is 0 Å². The molecule has 4 nitrogen and oxygen atoms in total. The van der Waals surface area contributed by atoms with Gasteiger partial charge in [0.25, 0.3) is 0 Å². The molecule has 0 saturated heterocycles. The largest absolute Gasteiger partial charge is 0.456 e. The van der Waals surface area contributed by atoms with Crippen LogP contribution in [0.5, 0.6) is 0 Å². The van der Waals surface area contributed by atoms with Crippen LogP contribution in [0.3, 0.4) is 0 Å². The van der Waals surface area contributed by atoms with Crippen LogP contribution in [0.1, 0.15) is 25.0 Å². The first kappa shape index (κ1) is 40.0. The van der Waals surface area contributed by atoms with Crippen molar-refractivity contribution in [2.24, 2.45) is 0 Å². The Morgan fingerprint density at radius 1 is 0.328 bits per heavy atom. The van der Waals surface area contributed by atoms with E-state index in [1.807, 2.05) is 0 Å². The standard InChI is InChI=1S/C63H47N3O/c1-63(2)56-40-44(53-34-21-35-59-61(53)55-39-37-51(43-60(55)67-59)64(45-22-9-3-10-23-45)46-24-11-4-12-25-46)36-38-54(56)62-57(63)41-52(65(47-26-13-5-14-27-47)48-28-15-6-16-29-48)42-58(62)66(49-30-17-7-18-31-49)50-32-19-8-20-33-50/h3-43H,1-2H3. The van der Waals surface area contributed by atoms with Crippen molar-refractivity contribution in [1.29, 1.82) is 0 Å². The summed E-state index contributed by atoms with van der Waals surface area (Å²) in [5.74, 6) is 0. The Bertz CT molecular complexity index is 3420. The van der Waals surface area contributed by atoms with Crippen molar-refractivity contribution >= 4 is 73.1 Å². The molecule has 10 aromatic carbocycles. The fraction of sp³-hybridized carbons (Fsp3) is 0.0476. The minimum Gasteiger partial charge on any atom is -0.456 e. The number of hydrogen-bond acceptors (Lipinski definition) is 4. The third kappa shape index (κ3) is 6.93. The molecule has 0 unspecified atom stereocenters. The van der Waals surface area contributed by atoms with Crippen molar-refractivity contribution in [1.82, 2.24) is 0 Å². The van der Waals surface area contributed by atoms with Crippen LogP contribution in [-0.4, -0.2) is 0 Å². The lowest BCUT2D eigenvalue weighted by atomic mass is 9.81. The molecular weight excluding hydrogens is 815 g/mol. The van der Waals surface area contributed by atoms with Crippen LogP contribution in [0.4, 0.5) is 51.2 Å². The molecule has 0 aliphatic heterocycles. The third-order valence-corrected chi connectivity index (χ3v) is 13.4. The summed E-state index contributed by atoms with van der Waals surface area (Å²) in [6, 6.07) is 89.0. The molecule has 0 fully saturated rings. The predicted octanol–water partition coefficient (Wildman–Crippen LogP) is 18.0. The highest BCUT2D eigenvalue weighted by molar-refractivity contribution is 6.13. The minimum atomic E-state index is -0.358. The Labute approximate surface area is 391 Å². The molecular formula is C63H47N3O. The van der Waals surface area contributed by atoms with E-state index >= 15 is 0 Å². The molecule has 0 spiro atoms. The van der Waals surface area contributed by atoms with Gasteiger partial charge >= 0.3 is 0 Å². The third-order valence-electron chi connectivity index (χ3n) is 13.4. The van der Waals surface area contributed by atoms with Gasteiger partial charge in [0.1, 0.15) is 11.2 Å². The maximum absolute atomic E-state index is 6.76. The number of para-hydroxylation sites is 6. The van der Waals surface area contributed by atoms with Crippen molar-refractivity contribution < 1.29 is 4.42 Å². The summed E-state index contributed by atoms with van der Waals surface area (Å²) in [5.41, 5.74) is 18.5. The smallest absolute Gasteiger partial charge is 0.137 e.